The summed E-state index contributed by atoms with van der Waals surface area (Å²) < 4.78 is 42.8. The van der Waals surface area contributed by atoms with E-state index in [9.17, 15) is 18.0 Å². The van der Waals surface area contributed by atoms with Crippen LogP contribution in [-0.4, -0.2) is 19.1 Å². The summed E-state index contributed by atoms with van der Waals surface area (Å²) in [7, 11) is 1.24. The molecule has 1 unspecified atom stereocenters. The van der Waals surface area contributed by atoms with Gasteiger partial charge in [0.25, 0.3) is 0 Å². The van der Waals surface area contributed by atoms with Crippen molar-refractivity contribution in [2.24, 2.45) is 0 Å². The van der Waals surface area contributed by atoms with E-state index >= 15 is 0 Å². The lowest BCUT2D eigenvalue weighted by atomic mass is 10.2. The second-order valence-electron chi connectivity index (χ2n) is 3.58. The first-order valence-corrected chi connectivity index (χ1v) is 4.92. The molecule has 0 aromatic heterocycles. The van der Waals surface area contributed by atoms with Gasteiger partial charge in [-0.2, -0.15) is 0 Å². The van der Waals surface area contributed by atoms with E-state index < -0.39 is 23.4 Å². The standard InChI is InChI=1S/C11H12F3NO2/c1-6(3-10(16)17-2)15-7-4-8(12)11(14)9(13)5-7/h4-6,15H,3H2,1-2H3. The Balaban J connectivity index is 2.72. The molecule has 94 valence electrons. The maximum atomic E-state index is 12.9. The first kappa shape index (κ1) is 13.3. The lowest BCUT2D eigenvalue weighted by molar-refractivity contribution is -0.140. The first-order valence-electron chi connectivity index (χ1n) is 4.92. The molecule has 0 aliphatic carbocycles. The van der Waals surface area contributed by atoms with Crippen LogP contribution in [0.2, 0.25) is 0 Å². The molecule has 0 saturated heterocycles. The van der Waals surface area contributed by atoms with Gasteiger partial charge in [-0.25, -0.2) is 13.2 Å². The number of hydrogen-bond donors (Lipinski definition) is 1. The van der Waals surface area contributed by atoms with Crippen LogP contribution in [0.5, 0.6) is 0 Å². The van der Waals surface area contributed by atoms with E-state index in [1.165, 1.54) is 7.11 Å². The number of rotatable bonds is 4. The lowest BCUT2D eigenvalue weighted by Crippen LogP contribution is -2.20. The van der Waals surface area contributed by atoms with Crippen molar-refractivity contribution in [3.63, 3.8) is 0 Å². The Morgan fingerprint density at radius 3 is 2.35 bits per heavy atom. The largest absolute Gasteiger partial charge is 0.469 e. The fourth-order valence-corrected chi connectivity index (χ4v) is 1.31. The molecule has 0 amide bonds. The van der Waals surface area contributed by atoms with Gasteiger partial charge in [0.1, 0.15) is 0 Å². The molecular formula is C11H12F3NO2. The Morgan fingerprint density at radius 1 is 1.35 bits per heavy atom. The van der Waals surface area contributed by atoms with Crippen LogP contribution in [0.3, 0.4) is 0 Å². The molecule has 17 heavy (non-hydrogen) atoms. The van der Waals surface area contributed by atoms with Gasteiger partial charge in [-0.15, -0.1) is 0 Å². The van der Waals surface area contributed by atoms with Gasteiger partial charge < -0.3 is 10.1 Å². The zero-order valence-corrected chi connectivity index (χ0v) is 9.39. The quantitative estimate of drug-likeness (QED) is 0.656. The summed E-state index contributed by atoms with van der Waals surface area (Å²) in [6.45, 7) is 1.64. The normalized spacial score (nSPS) is 12.1. The van der Waals surface area contributed by atoms with Gasteiger partial charge in [-0.05, 0) is 6.92 Å². The van der Waals surface area contributed by atoms with Gasteiger partial charge in [0, 0.05) is 23.9 Å². The molecule has 1 rings (SSSR count). The molecule has 0 aliphatic rings. The van der Waals surface area contributed by atoms with Crippen molar-refractivity contribution < 1.29 is 22.7 Å². The van der Waals surface area contributed by atoms with Gasteiger partial charge in [0.05, 0.1) is 13.5 Å². The van der Waals surface area contributed by atoms with Gasteiger partial charge in [0.2, 0.25) is 0 Å². The second-order valence-corrected chi connectivity index (χ2v) is 3.58. The molecule has 3 nitrogen and oxygen atoms in total. The van der Waals surface area contributed by atoms with Gasteiger partial charge >= 0.3 is 5.97 Å². The number of halogens is 3. The average molecular weight is 247 g/mol. The van der Waals surface area contributed by atoms with Crippen LogP contribution in [0.1, 0.15) is 13.3 Å². The Labute approximate surface area is 96.6 Å². The predicted molar refractivity (Wildman–Crippen MR) is 56.0 cm³/mol. The summed E-state index contributed by atoms with van der Waals surface area (Å²) in [5.41, 5.74) is 0.0674. The summed E-state index contributed by atoms with van der Waals surface area (Å²) >= 11 is 0. The van der Waals surface area contributed by atoms with Crippen molar-refractivity contribution in [3.05, 3.63) is 29.6 Å². The molecule has 0 fully saturated rings. The highest BCUT2D eigenvalue weighted by Gasteiger charge is 2.13. The van der Waals surface area contributed by atoms with Crippen LogP contribution >= 0.6 is 0 Å². The third kappa shape index (κ3) is 3.65. The minimum atomic E-state index is -1.52. The van der Waals surface area contributed by atoms with Gasteiger partial charge in [0.15, 0.2) is 17.5 Å². The zero-order chi connectivity index (χ0) is 13.0. The monoisotopic (exact) mass is 247 g/mol. The zero-order valence-electron chi connectivity index (χ0n) is 9.39. The maximum Gasteiger partial charge on any atom is 0.307 e. The van der Waals surface area contributed by atoms with E-state index in [1.54, 1.807) is 6.92 Å². The fourth-order valence-electron chi connectivity index (χ4n) is 1.31. The van der Waals surface area contributed by atoms with Crippen LogP contribution in [0.4, 0.5) is 18.9 Å². The molecule has 0 bridgehead atoms. The van der Waals surface area contributed by atoms with Crippen LogP contribution in [-0.2, 0) is 9.53 Å². The molecule has 1 N–H and O–H groups in total. The summed E-state index contributed by atoms with van der Waals surface area (Å²) in [5.74, 6) is -4.53. The maximum absolute atomic E-state index is 12.9. The lowest BCUT2D eigenvalue weighted by Gasteiger charge is -2.14. The molecule has 0 heterocycles. The number of benzene rings is 1. The Kier molecular flexibility index (Phi) is 4.37. The summed E-state index contributed by atoms with van der Waals surface area (Å²) in [6.07, 6.45) is 0.0388. The summed E-state index contributed by atoms with van der Waals surface area (Å²) in [4.78, 5) is 10.9. The summed E-state index contributed by atoms with van der Waals surface area (Å²) in [5, 5.41) is 2.67. The van der Waals surface area contributed by atoms with Crippen LogP contribution in [0.25, 0.3) is 0 Å². The van der Waals surface area contributed by atoms with Crippen molar-refractivity contribution in [1.82, 2.24) is 0 Å². The first-order chi connectivity index (χ1) is 7.93. The number of carbonyl (C=O) groups excluding carboxylic acids is 1. The number of esters is 1. The van der Waals surface area contributed by atoms with Crippen molar-refractivity contribution >= 4 is 11.7 Å². The molecule has 1 atom stereocenters. The Morgan fingerprint density at radius 2 is 1.88 bits per heavy atom. The van der Waals surface area contributed by atoms with Crippen molar-refractivity contribution in [1.29, 1.82) is 0 Å². The predicted octanol–water partition coefficient (Wildman–Crippen LogP) is 2.47. The molecule has 0 aliphatic heterocycles. The SMILES string of the molecule is COC(=O)CC(C)Nc1cc(F)c(F)c(F)c1. The van der Waals surface area contributed by atoms with E-state index in [4.69, 9.17) is 0 Å². The van der Waals surface area contributed by atoms with Gasteiger partial charge in [-0.1, -0.05) is 0 Å². The number of anilines is 1. The third-order valence-corrected chi connectivity index (χ3v) is 2.10. The number of hydrogen-bond acceptors (Lipinski definition) is 3. The molecule has 0 radical (unpaired) electrons. The molecular weight excluding hydrogens is 235 g/mol. The smallest absolute Gasteiger partial charge is 0.307 e. The minimum absolute atomic E-state index is 0.0388. The average Bonchev–Trinajstić information content (AvgIpc) is 2.25. The van der Waals surface area contributed by atoms with Crippen LogP contribution in [0.15, 0.2) is 12.1 Å². The molecule has 0 spiro atoms. The molecule has 1 aromatic rings. The second kappa shape index (κ2) is 5.56. The van der Waals surface area contributed by atoms with E-state index in [0.717, 1.165) is 12.1 Å². The van der Waals surface area contributed by atoms with E-state index in [-0.39, 0.29) is 18.2 Å². The number of methoxy groups -OCH3 is 1. The van der Waals surface area contributed by atoms with Crippen molar-refractivity contribution in [2.45, 2.75) is 19.4 Å². The highest BCUT2D eigenvalue weighted by Crippen LogP contribution is 2.18. The summed E-state index contributed by atoms with van der Waals surface area (Å²) in [6, 6.07) is 1.27. The number of nitrogens with one attached hydrogen (secondary N) is 1. The van der Waals surface area contributed by atoms with E-state index in [1.807, 2.05) is 0 Å². The molecule has 6 heteroatoms. The molecule has 0 saturated carbocycles. The molecule has 1 aromatic carbocycles. The van der Waals surface area contributed by atoms with E-state index in [2.05, 4.69) is 10.1 Å². The highest BCUT2D eigenvalue weighted by molar-refractivity contribution is 5.70. The third-order valence-electron chi connectivity index (χ3n) is 2.10. The topological polar surface area (TPSA) is 38.3 Å². The number of ether oxygens (including phenoxy) is 1. The highest BCUT2D eigenvalue weighted by atomic mass is 19.2. The van der Waals surface area contributed by atoms with Gasteiger partial charge in [-0.3, -0.25) is 4.79 Å². The van der Waals surface area contributed by atoms with E-state index in [0.29, 0.717) is 0 Å². The van der Waals surface area contributed by atoms with Crippen LogP contribution in [0, 0.1) is 17.5 Å². The minimum Gasteiger partial charge on any atom is -0.469 e. The van der Waals surface area contributed by atoms with Crippen molar-refractivity contribution in [2.75, 3.05) is 12.4 Å². The van der Waals surface area contributed by atoms with Crippen LogP contribution < -0.4 is 5.32 Å². The number of carbonyl (C=O) groups is 1. The Bertz CT molecular complexity index is 400. The Hall–Kier alpha value is -1.72. The fraction of sp³-hybridized carbons (Fsp3) is 0.364. The van der Waals surface area contributed by atoms with Crippen molar-refractivity contribution in [3.8, 4) is 0 Å².